The van der Waals surface area contributed by atoms with Crippen LogP contribution in [0.5, 0.6) is 0 Å². The molecule has 0 radical (unpaired) electrons. The average Bonchev–Trinajstić information content (AvgIpc) is 3.44. The Morgan fingerprint density at radius 2 is 1.97 bits per heavy atom. The van der Waals surface area contributed by atoms with Gasteiger partial charge < -0.3 is 10.1 Å². The molecule has 34 heavy (non-hydrogen) atoms. The summed E-state index contributed by atoms with van der Waals surface area (Å²) in [6, 6.07) is 9.82. The van der Waals surface area contributed by atoms with E-state index in [1.165, 1.54) is 25.4 Å². The Balaban J connectivity index is 1.66. The average molecular weight is 494 g/mol. The van der Waals surface area contributed by atoms with E-state index in [-0.39, 0.29) is 24.1 Å². The highest BCUT2D eigenvalue weighted by Gasteiger charge is 2.51. The van der Waals surface area contributed by atoms with Crippen LogP contribution < -0.4 is 5.32 Å². The van der Waals surface area contributed by atoms with E-state index in [9.17, 15) is 31.6 Å². The largest absolute Gasteiger partial charge is 0.417 e. The van der Waals surface area contributed by atoms with Crippen molar-refractivity contribution in [3.05, 3.63) is 48.2 Å². The van der Waals surface area contributed by atoms with Crippen molar-refractivity contribution in [2.24, 2.45) is 5.92 Å². The van der Waals surface area contributed by atoms with Gasteiger partial charge in [-0.25, -0.2) is 8.42 Å². The summed E-state index contributed by atoms with van der Waals surface area (Å²) in [6.45, 7) is 0. The van der Waals surface area contributed by atoms with E-state index in [2.05, 4.69) is 10.3 Å². The van der Waals surface area contributed by atoms with Crippen molar-refractivity contribution in [1.82, 2.24) is 10.3 Å². The second-order valence-electron chi connectivity index (χ2n) is 8.63. The number of halogens is 3. The molecule has 1 aromatic carbocycles. The molecule has 2 fully saturated rings. The zero-order valence-corrected chi connectivity index (χ0v) is 19.0. The Morgan fingerprint density at radius 1 is 1.24 bits per heavy atom. The summed E-state index contributed by atoms with van der Waals surface area (Å²) in [5.74, 6) is -1.41. The Kier molecular flexibility index (Phi) is 6.16. The fourth-order valence-electron chi connectivity index (χ4n) is 4.33. The summed E-state index contributed by atoms with van der Waals surface area (Å²) in [6.07, 6.45) is -3.62. The Morgan fingerprint density at radius 3 is 2.53 bits per heavy atom. The van der Waals surface area contributed by atoms with Crippen LogP contribution in [0.15, 0.2) is 47.5 Å². The number of sulfone groups is 1. The maximum atomic E-state index is 13.9. The first-order valence-electron chi connectivity index (χ1n) is 10.6. The van der Waals surface area contributed by atoms with E-state index in [1.54, 1.807) is 12.1 Å². The molecular formula is C23H22F3N3O4S. The van der Waals surface area contributed by atoms with Gasteiger partial charge in [0.25, 0.3) is 0 Å². The zero-order valence-electron chi connectivity index (χ0n) is 18.2. The van der Waals surface area contributed by atoms with Gasteiger partial charge in [0.15, 0.2) is 9.84 Å². The molecule has 3 atom stereocenters. The Bertz CT molecular complexity index is 1240. The lowest BCUT2D eigenvalue weighted by Gasteiger charge is -2.19. The van der Waals surface area contributed by atoms with Crippen LogP contribution in [-0.2, 0) is 25.5 Å². The number of nitriles is 1. The van der Waals surface area contributed by atoms with Gasteiger partial charge in [0.05, 0.1) is 39.5 Å². The third-order valence-electron chi connectivity index (χ3n) is 6.42. The molecule has 7 nitrogen and oxygen atoms in total. The monoisotopic (exact) mass is 493 g/mol. The number of nitrogens with zero attached hydrogens (tertiary/aromatic N) is 2. The second kappa shape index (κ2) is 8.67. The predicted octanol–water partition coefficient (Wildman–Crippen LogP) is 3.51. The van der Waals surface area contributed by atoms with Crippen LogP contribution in [0, 0.1) is 17.2 Å². The lowest BCUT2D eigenvalue weighted by molar-refractivity contribution is -0.139. The van der Waals surface area contributed by atoms with Gasteiger partial charge in [-0.05, 0) is 49.9 Å². The van der Waals surface area contributed by atoms with Crippen molar-refractivity contribution in [3.8, 4) is 17.3 Å². The number of methoxy groups -OCH3 is 1. The number of aromatic nitrogens is 1. The number of amides is 1. The third-order valence-corrected chi connectivity index (χ3v) is 8.65. The minimum atomic E-state index is -4.92. The number of ether oxygens (including phenoxy) is 1. The molecule has 1 amide bonds. The summed E-state index contributed by atoms with van der Waals surface area (Å²) in [5.41, 5.74) is -1.81. The molecule has 1 N–H and O–H groups in total. The van der Waals surface area contributed by atoms with Crippen LogP contribution in [-0.4, -0.2) is 43.3 Å². The van der Waals surface area contributed by atoms with E-state index in [0.717, 1.165) is 12.1 Å². The van der Waals surface area contributed by atoms with Crippen molar-refractivity contribution in [2.75, 3.05) is 7.11 Å². The molecule has 4 rings (SSSR count). The molecule has 0 bridgehead atoms. The molecule has 0 unspecified atom stereocenters. The number of alkyl halides is 3. The molecule has 0 saturated heterocycles. The van der Waals surface area contributed by atoms with Crippen molar-refractivity contribution < 1.29 is 31.1 Å². The van der Waals surface area contributed by atoms with Gasteiger partial charge in [-0.1, -0.05) is 12.1 Å². The summed E-state index contributed by atoms with van der Waals surface area (Å²) in [4.78, 5) is 15.9. The van der Waals surface area contributed by atoms with Gasteiger partial charge in [-0.2, -0.15) is 18.4 Å². The van der Waals surface area contributed by atoms with E-state index < -0.39 is 55.2 Å². The molecule has 1 aromatic heterocycles. The standard InChI is InChI=1S/C23H22F3N3O4S/c1-33-19-12-15(11-16(19)21(30)29-22(13-27)7-8-22)34(31,32)20-6-5-14(10-17(20)23(24,25)26)18-4-2-3-9-28-18/h2-6,9-10,15-16,19H,7-8,11-12H2,1H3,(H,29,30)/t15-,16-,19-/m0/s1. The summed E-state index contributed by atoms with van der Waals surface area (Å²) in [7, 11) is -3.14. The van der Waals surface area contributed by atoms with Gasteiger partial charge in [-0.15, -0.1) is 0 Å². The van der Waals surface area contributed by atoms with Crippen LogP contribution in [0.2, 0.25) is 0 Å². The van der Waals surface area contributed by atoms with Gasteiger partial charge in [0.2, 0.25) is 5.91 Å². The first kappa shape index (κ1) is 24.2. The van der Waals surface area contributed by atoms with Gasteiger partial charge in [-0.3, -0.25) is 9.78 Å². The fourth-order valence-corrected chi connectivity index (χ4v) is 6.34. The van der Waals surface area contributed by atoms with Crippen LogP contribution in [0.3, 0.4) is 0 Å². The van der Waals surface area contributed by atoms with E-state index >= 15 is 0 Å². The molecular weight excluding hydrogens is 471 g/mol. The molecule has 0 spiro atoms. The molecule has 2 aliphatic rings. The van der Waals surface area contributed by atoms with Crippen molar-refractivity contribution in [3.63, 3.8) is 0 Å². The third kappa shape index (κ3) is 4.52. The Hall–Kier alpha value is -2.97. The molecule has 2 saturated carbocycles. The van der Waals surface area contributed by atoms with E-state index in [1.807, 2.05) is 6.07 Å². The predicted molar refractivity (Wildman–Crippen MR) is 115 cm³/mol. The molecule has 180 valence electrons. The van der Waals surface area contributed by atoms with Gasteiger partial charge >= 0.3 is 6.18 Å². The Labute approximate surface area is 194 Å². The molecule has 11 heteroatoms. The topological polar surface area (TPSA) is 109 Å². The summed E-state index contributed by atoms with van der Waals surface area (Å²) < 4.78 is 73.9. The SMILES string of the molecule is CO[C@H]1C[C@@H](S(=O)(=O)c2ccc(-c3ccccn3)cc2C(F)(F)F)C[C@@H]1C(=O)NC1(C#N)CC1. The maximum Gasteiger partial charge on any atom is 0.417 e. The minimum Gasteiger partial charge on any atom is -0.381 e. The highest BCUT2D eigenvalue weighted by Crippen LogP contribution is 2.42. The van der Waals surface area contributed by atoms with Crippen LogP contribution in [0.1, 0.15) is 31.2 Å². The zero-order chi connectivity index (χ0) is 24.7. The van der Waals surface area contributed by atoms with Crippen molar-refractivity contribution in [2.45, 2.75) is 53.6 Å². The van der Waals surface area contributed by atoms with Gasteiger partial charge in [0, 0.05) is 18.9 Å². The highest BCUT2D eigenvalue weighted by atomic mass is 32.2. The number of hydrogen-bond acceptors (Lipinski definition) is 6. The van der Waals surface area contributed by atoms with Crippen LogP contribution >= 0.6 is 0 Å². The number of carbonyl (C=O) groups is 1. The lowest BCUT2D eigenvalue weighted by Crippen LogP contribution is -2.42. The van der Waals surface area contributed by atoms with E-state index in [0.29, 0.717) is 12.8 Å². The van der Waals surface area contributed by atoms with Gasteiger partial charge in [0.1, 0.15) is 5.54 Å². The molecule has 2 aliphatic carbocycles. The number of carbonyl (C=O) groups excluding carboxylic acids is 1. The number of pyridine rings is 1. The molecule has 2 aromatic rings. The van der Waals surface area contributed by atoms with Crippen molar-refractivity contribution >= 4 is 15.7 Å². The fraction of sp³-hybridized carbons (Fsp3) is 0.435. The quantitative estimate of drug-likeness (QED) is 0.660. The second-order valence-corrected chi connectivity index (χ2v) is 10.8. The maximum absolute atomic E-state index is 13.9. The lowest BCUT2D eigenvalue weighted by atomic mass is 10.0. The first-order valence-corrected chi connectivity index (χ1v) is 12.2. The van der Waals surface area contributed by atoms with Crippen molar-refractivity contribution in [1.29, 1.82) is 5.26 Å². The number of hydrogen-bond donors (Lipinski definition) is 1. The van der Waals surface area contributed by atoms with E-state index in [4.69, 9.17) is 4.74 Å². The summed E-state index contributed by atoms with van der Waals surface area (Å²) >= 11 is 0. The first-order chi connectivity index (χ1) is 16.0. The highest BCUT2D eigenvalue weighted by molar-refractivity contribution is 7.92. The molecule has 1 heterocycles. The number of benzene rings is 1. The number of rotatable bonds is 6. The minimum absolute atomic E-state index is 0.129. The van der Waals surface area contributed by atoms with Crippen LogP contribution in [0.25, 0.3) is 11.3 Å². The smallest absolute Gasteiger partial charge is 0.381 e. The van der Waals surface area contributed by atoms with Crippen LogP contribution in [0.4, 0.5) is 13.2 Å². The molecule has 0 aliphatic heterocycles. The summed E-state index contributed by atoms with van der Waals surface area (Å²) in [5, 5.41) is 10.6. The number of nitrogens with one attached hydrogen (secondary N) is 1. The normalized spacial score (nSPS) is 23.8.